The number of piperazine rings is 1. The minimum Gasteiger partial charge on any atom is -0.398 e. The summed E-state index contributed by atoms with van der Waals surface area (Å²) in [5, 5.41) is 0. The first-order valence-electron chi connectivity index (χ1n) is 11.1. The second kappa shape index (κ2) is 11.1. The molecule has 2 N–H and O–H groups in total. The summed E-state index contributed by atoms with van der Waals surface area (Å²) in [6.45, 7) is 4.23. The molecule has 0 radical (unpaired) electrons. The maximum absolute atomic E-state index is 14.2. The lowest BCUT2D eigenvalue weighted by Gasteiger charge is -2.50. The summed E-state index contributed by atoms with van der Waals surface area (Å²) in [6.07, 6.45) is 6.90. The molecule has 1 saturated heterocycles. The summed E-state index contributed by atoms with van der Waals surface area (Å²) in [7, 11) is -3.18. The van der Waals surface area contributed by atoms with Crippen LogP contribution in [0.1, 0.15) is 68.6 Å². The largest absolute Gasteiger partial charge is 0.398 e. The Morgan fingerprint density at radius 1 is 1.13 bits per heavy atom. The van der Waals surface area contributed by atoms with Crippen molar-refractivity contribution in [3.8, 4) is 0 Å². The zero-order valence-electron chi connectivity index (χ0n) is 18.3. The molecule has 3 rings (SSSR count). The van der Waals surface area contributed by atoms with Crippen LogP contribution in [0, 0.1) is 5.82 Å². The lowest BCUT2D eigenvalue weighted by atomic mass is 9.76. The maximum Gasteiger partial charge on any atom is 0.214 e. The van der Waals surface area contributed by atoms with Crippen LogP contribution in [-0.4, -0.2) is 60.9 Å². The van der Waals surface area contributed by atoms with Gasteiger partial charge in [-0.25, -0.2) is 12.8 Å². The molecule has 31 heavy (non-hydrogen) atoms. The maximum atomic E-state index is 14.2. The Labute approximate surface area is 191 Å². The molecule has 176 valence electrons. The summed E-state index contributed by atoms with van der Waals surface area (Å²) in [4.78, 5) is 15.2. The van der Waals surface area contributed by atoms with Crippen LogP contribution in [-0.2, 0) is 10.0 Å². The van der Waals surface area contributed by atoms with Crippen molar-refractivity contribution in [3.63, 3.8) is 0 Å². The van der Waals surface area contributed by atoms with Crippen molar-refractivity contribution in [1.29, 1.82) is 0 Å². The van der Waals surface area contributed by atoms with Crippen LogP contribution < -0.4 is 5.73 Å². The van der Waals surface area contributed by atoms with Gasteiger partial charge in [0.25, 0.3) is 0 Å². The fourth-order valence-electron chi connectivity index (χ4n) is 5.07. The number of Topliss-reactive ketones (excluding diaryl/α,β-unsaturated/α-hetero) is 1. The van der Waals surface area contributed by atoms with E-state index in [4.69, 9.17) is 5.73 Å². The van der Waals surface area contributed by atoms with E-state index < -0.39 is 15.8 Å². The number of hydrogen-bond donors (Lipinski definition) is 1. The standard InChI is InChI=1S/C22H34FN3O3S.ClH/c1-2-17-30(28,29)26-15-13-25(14-16-26)22(10-4-3-5-11-22)12-9-20(27)21-18(23)7-6-8-19(21)24;/h6-8H,2-5,9-17,24H2,1H3;1H. The number of benzene rings is 1. The van der Waals surface area contributed by atoms with Gasteiger partial charge in [0.2, 0.25) is 10.0 Å². The van der Waals surface area contributed by atoms with Gasteiger partial charge in [-0.1, -0.05) is 32.3 Å². The summed E-state index contributed by atoms with van der Waals surface area (Å²) in [5.41, 5.74) is 5.92. The van der Waals surface area contributed by atoms with Gasteiger partial charge in [0.1, 0.15) is 5.82 Å². The van der Waals surface area contributed by atoms with Gasteiger partial charge >= 0.3 is 0 Å². The first-order valence-corrected chi connectivity index (χ1v) is 12.7. The first-order chi connectivity index (χ1) is 14.3. The Balaban J connectivity index is 0.00000341. The van der Waals surface area contributed by atoms with Gasteiger partial charge in [-0.05, 0) is 37.8 Å². The highest BCUT2D eigenvalue weighted by molar-refractivity contribution is 7.89. The third kappa shape index (κ3) is 5.97. The van der Waals surface area contributed by atoms with Crippen LogP contribution >= 0.6 is 12.4 Å². The number of anilines is 1. The van der Waals surface area contributed by atoms with Crippen molar-refractivity contribution in [2.45, 2.75) is 63.8 Å². The highest BCUT2D eigenvalue weighted by atomic mass is 35.5. The summed E-state index contributed by atoms with van der Waals surface area (Å²) >= 11 is 0. The van der Waals surface area contributed by atoms with Gasteiger partial charge in [-0.2, -0.15) is 4.31 Å². The van der Waals surface area contributed by atoms with Gasteiger partial charge < -0.3 is 5.73 Å². The molecule has 2 fully saturated rings. The number of carbonyl (C=O) groups is 1. The minimum atomic E-state index is -3.18. The van der Waals surface area contributed by atoms with Crippen molar-refractivity contribution >= 4 is 33.9 Å². The average molecular weight is 476 g/mol. The van der Waals surface area contributed by atoms with Gasteiger partial charge in [0, 0.05) is 43.8 Å². The van der Waals surface area contributed by atoms with E-state index in [0.29, 0.717) is 39.0 Å². The van der Waals surface area contributed by atoms with E-state index >= 15 is 0 Å². The number of sulfonamides is 1. The highest BCUT2D eigenvalue weighted by Crippen LogP contribution is 2.39. The van der Waals surface area contributed by atoms with Crippen LogP contribution in [0.3, 0.4) is 0 Å². The number of halogens is 2. The van der Waals surface area contributed by atoms with Crippen molar-refractivity contribution in [1.82, 2.24) is 9.21 Å². The predicted octanol–water partition coefficient (Wildman–Crippen LogP) is 3.85. The fraction of sp³-hybridized carbons (Fsp3) is 0.682. The predicted molar refractivity (Wildman–Crippen MR) is 125 cm³/mol. The van der Waals surface area contributed by atoms with Crippen LogP contribution in [0.5, 0.6) is 0 Å². The molecule has 9 heteroatoms. The zero-order chi connectivity index (χ0) is 21.8. The van der Waals surface area contributed by atoms with E-state index in [2.05, 4.69) is 4.90 Å². The number of ketones is 1. The Morgan fingerprint density at radius 2 is 1.77 bits per heavy atom. The lowest BCUT2D eigenvalue weighted by molar-refractivity contribution is 0.0165. The second-order valence-corrected chi connectivity index (χ2v) is 10.7. The van der Waals surface area contributed by atoms with Crippen molar-refractivity contribution in [2.24, 2.45) is 0 Å². The van der Waals surface area contributed by atoms with Crippen LogP contribution in [0.25, 0.3) is 0 Å². The second-order valence-electron chi connectivity index (χ2n) is 8.61. The van der Waals surface area contributed by atoms with E-state index in [-0.39, 0.29) is 47.2 Å². The monoisotopic (exact) mass is 475 g/mol. The smallest absolute Gasteiger partial charge is 0.214 e. The Kier molecular flexibility index (Phi) is 9.30. The summed E-state index contributed by atoms with van der Waals surface area (Å²) in [5.74, 6) is -0.622. The Morgan fingerprint density at radius 3 is 2.35 bits per heavy atom. The molecule has 1 aliphatic carbocycles. The zero-order valence-corrected chi connectivity index (χ0v) is 19.9. The molecular formula is C22H35ClFN3O3S. The topological polar surface area (TPSA) is 83.7 Å². The quantitative estimate of drug-likeness (QED) is 0.456. The lowest BCUT2D eigenvalue weighted by Crippen LogP contribution is -2.58. The SMILES string of the molecule is CCCS(=O)(=O)N1CCN(C2(CCC(=O)c3c(N)cccc3F)CCCCC2)CC1.Cl. The molecule has 1 aromatic carbocycles. The number of rotatable bonds is 8. The summed E-state index contributed by atoms with van der Waals surface area (Å²) in [6, 6.07) is 4.34. The number of nitrogen functional groups attached to an aromatic ring is 1. The normalized spacial score (nSPS) is 20.2. The molecule has 0 aromatic heterocycles. The number of hydrogen-bond acceptors (Lipinski definition) is 5. The van der Waals surface area contributed by atoms with Gasteiger partial charge in [-0.3, -0.25) is 9.69 Å². The van der Waals surface area contributed by atoms with E-state index in [0.717, 1.165) is 25.7 Å². The molecule has 1 aliphatic heterocycles. The average Bonchev–Trinajstić information content (AvgIpc) is 2.73. The van der Waals surface area contributed by atoms with Crippen LogP contribution in [0.15, 0.2) is 18.2 Å². The molecule has 6 nitrogen and oxygen atoms in total. The van der Waals surface area contributed by atoms with Crippen molar-refractivity contribution < 1.29 is 17.6 Å². The molecule has 0 amide bonds. The van der Waals surface area contributed by atoms with E-state index in [1.54, 1.807) is 10.4 Å². The van der Waals surface area contributed by atoms with Crippen LogP contribution in [0.2, 0.25) is 0 Å². The molecule has 1 saturated carbocycles. The Bertz CT molecular complexity index is 831. The van der Waals surface area contributed by atoms with E-state index in [1.807, 2.05) is 6.92 Å². The third-order valence-corrected chi connectivity index (χ3v) is 8.77. The molecule has 0 spiro atoms. The Hall–Kier alpha value is -1.22. The molecule has 0 atom stereocenters. The first kappa shape index (κ1) is 26.0. The van der Waals surface area contributed by atoms with Crippen LogP contribution in [0.4, 0.5) is 10.1 Å². The molecule has 2 aliphatic rings. The van der Waals surface area contributed by atoms with Crippen molar-refractivity contribution in [3.05, 3.63) is 29.6 Å². The molecule has 1 aromatic rings. The summed E-state index contributed by atoms with van der Waals surface area (Å²) < 4.78 is 40.6. The molecule has 1 heterocycles. The number of nitrogens with two attached hydrogens (primary N) is 1. The molecular weight excluding hydrogens is 441 g/mol. The number of nitrogens with zero attached hydrogens (tertiary/aromatic N) is 2. The van der Waals surface area contributed by atoms with E-state index in [1.165, 1.54) is 18.6 Å². The minimum absolute atomic E-state index is 0. The third-order valence-electron chi connectivity index (χ3n) is 6.69. The van der Waals surface area contributed by atoms with E-state index in [9.17, 15) is 17.6 Å². The van der Waals surface area contributed by atoms with Gasteiger partial charge in [0.15, 0.2) is 5.78 Å². The van der Waals surface area contributed by atoms with Gasteiger partial charge in [-0.15, -0.1) is 12.4 Å². The number of carbonyl (C=O) groups excluding carboxylic acids is 1. The van der Waals surface area contributed by atoms with Gasteiger partial charge in [0.05, 0.1) is 11.3 Å². The fourth-order valence-corrected chi connectivity index (χ4v) is 6.56. The molecule has 0 bridgehead atoms. The highest BCUT2D eigenvalue weighted by Gasteiger charge is 2.40. The molecule has 0 unspecified atom stereocenters. The van der Waals surface area contributed by atoms with Crippen molar-refractivity contribution in [2.75, 3.05) is 37.7 Å².